The quantitative estimate of drug-likeness (QED) is 0.839. The van der Waals surface area contributed by atoms with Gasteiger partial charge in [0.2, 0.25) is 0 Å². The fourth-order valence-electron chi connectivity index (χ4n) is 2.21. The monoisotopic (exact) mass is 336 g/mol. The first kappa shape index (κ1) is 17.8. The van der Waals surface area contributed by atoms with Gasteiger partial charge in [-0.15, -0.1) is 0 Å². The second-order valence-electron chi connectivity index (χ2n) is 6.66. The minimum atomic E-state index is -0.718. The van der Waals surface area contributed by atoms with E-state index in [1.807, 2.05) is 6.92 Å². The van der Waals surface area contributed by atoms with Crippen molar-refractivity contribution in [1.82, 2.24) is 15.3 Å². The van der Waals surface area contributed by atoms with Crippen molar-refractivity contribution in [3.8, 4) is 0 Å². The van der Waals surface area contributed by atoms with E-state index in [0.29, 0.717) is 12.3 Å². The molecule has 0 aromatic carbocycles. The number of hydrogen-bond acceptors (Lipinski definition) is 5. The summed E-state index contributed by atoms with van der Waals surface area (Å²) in [7, 11) is 0. The van der Waals surface area contributed by atoms with Gasteiger partial charge < -0.3 is 9.64 Å². The summed E-state index contributed by atoms with van der Waals surface area (Å²) in [6.45, 7) is 7.99. The highest BCUT2D eigenvalue weighted by atomic mass is 19.1. The number of rotatable bonds is 2. The molecule has 8 heteroatoms. The van der Waals surface area contributed by atoms with Gasteiger partial charge in [0.05, 0.1) is 24.0 Å². The van der Waals surface area contributed by atoms with Crippen molar-refractivity contribution in [3.63, 3.8) is 0 Å². The summed E-state index contributed by atoms with van der Waals surface area (Å²) in [4.78, 5) is 29.1. The van der Waals surface area contributed by atoms with Crippen LogP contribution < -0.4 is 5.43 Å². The SMILES string of the molecule is CC1CN(C(=O)OC(C)(C)C)C/C1=N\NC(=O)c1ccncc1F. The van der Waals surface area contributed by atoms with Gasteiger partial charge in [0.25, 0.3) is 5.91 Å². The zero-order valence-corrected chi connectivity index (χ0v) is 14.2. The molecule has 1 atom stereocenters. The average molecular weight is 336 g/mol. The topological polar surface area (TPSA) is 83.9 Å². The molecule has 0 aliphatic carbocycles. The highest BCUT2D eigenvalue weighted by molar-refractivity contribution is 5.97. The predicted octanol–water partition coefficient (Wildman–Crippen LogP) is 2.19. The Morgan fingerprint density at radius 2 is 2.17 bits per heavy atom. The van der Waals surface area contributed by atoms with Crippen LogP contribution in [-0.4, -0.2) is 46.3 Å². The Hall–Kier alpha value is -2.51. The number of nitrogens with one attached hydrogen (secondary N) is 1. The highest BCUT2D eigenvalue weighted by Gasteiger charge is 2.32. The molecule has 0 spiro atoms. The molecule has 24 heavy (non-hydrogen) atoms. The summed E-state index contributed by atoms with van der Waals surface area (Å²) < 4.78 is 18.8. The Bertz CT molecular complexity index is 670. The summed E-state index contributed by atoms with van der Waals surface area (Å²) in [5.41, 5.74) is 2.24. The van der Waals surface area contributed by atoms with Crippen molar-refractivity contribution in [3.05, 3.63) is 29.8 Å². The number of likely N-dealkylation sites (tertiary alicyclic amines) is 1. The molecule has 130 valence electrons. The molecular formula is C16H21FN4O3. The Balaban J connectivity index is 2.00. The maximum Gasteiger partial charge on any atom is 0.410 e. The smallest absolute Gasteiger partial charge is 0.410 e. The van der Waals surface area contributed by atoms with Crippen molar-refractivity contribution < 1.29 is 18.7 Å². The third-order valence-corrected chi connectivity index (χ3v) is 3.39. The molecule has 1 aliphatic heterocycles. The molecule has 1 aromatic rings. The van der Waals surface area contributed by atoms with Crippen LogP contribution in [0.2, 0.25) is 0 Å². The van der Waals surface area contributed by atoms with E-state index in [9.17, 15) is 14.0 Å². The van der Waals surface area contributed by atoms with Crippen LogP contribution in [0.3, 0.4) is 0 Å². The maximum absolute atomic E-state index is 13.5. The van der Waals surface area contributed by atoms with Crippen LogP contribution in [0.4, 0.5) is 9.18 Å². The van der Waals surface area contributed by atoms with E-state index >= 15 is 0 Å². The molecule has 1 fully saturated rings. The van der Waals surface area contributed by atoms with Gasteiger partial charge in [-0.2, -0.15) is 5.10 Å². The normalized spacial score (nSPS) is 19.5. The summed E-state index contributed by atoms with van der Waals surface area (Å²) >= 11 is 0. The number of hydrogen-bond donors (Lipinski definition) is 1. The van der Waals surface area contributed by atoms with Crippen LogP contribution in [0.1, 0.15) is 38.1 Å². The Labute approximate surface area is 139 Å². The summed E-state index contributed by atoms with van der Waals surface area (Å²) in [6.07, 6.45) is 1.86. The first-order valence-electron chi connectivity index (χ1n) is 7.61. The van der Waals surface area contributed by atoms with E-state index < -0.39 is 23.4 Å². The van der Waals surface area contributed by atoms with E-state index in [1.54, 1.807) is 20.8 Å². The van der Waals surface area contributed by atoms with Gasteiger partial charge in [-0.05, 0) is 26.8 Å². The second-order valence-corrected chi connectivity index (χ2v) is 6.66. The Morgan fingerprint density at radius 1 is 1.46 bits per heavy atom. The zero-order chi connectivity index (χ0) is 17.9. The number of halogens is 1. The molecule has 1 aromatic heterocycles. The fraction of sp³-hybridized carbons (Fsp3) is 0.500. The predicted molar refractivity (Wildman–Crippen MR) is 86.1 cm³/mol. The van der Waals surface area contributed by atoms with Crippen LogP contribution >= 0.6 is 0 Å². The number of carbonyl (C=O) groups is 2. The van der Waals surface area contributed by atoms with Gasteiger partial charge in [0.1, 0.15) is 5.60 Å². The van der Waals surface area contributed by atoms with Crippen molar-refractivity contribution >= 4 is 17.7 Å². The zero-order valence-electron chi connectivity index (χ0n) is 14.2. The maximum atomic E-state index is 13.5. The van der Waals surface area contributed by atoms with Crippen molar-refractivity contribution in [2.45, 2.75) is 33.3 Å². The Kier molecular flexibility index (Phi) is 5.16. The minimum absolute atomic E-state index is 0.0277. The molecule has 1 unspecified atom stereocenters. The number of pyridine rings is 1. The Morgan fingerprint density at radius 3 is 2.79 bits per heavy atom. The van der Waals surface area contributed by atoms with E-state index in [4.69, 9.17) is 4.74 Å². The number of hydrazone groups is 1. The van der Waals surface area contributed by atoms with E-state index in [2.05, 4.69) is 15.5 Å². The first-order chi connectivity index (χ1) is 11.2. The van der Waals surface area contributed by atoms with Crippen molar-refractivity contribution in [2.75, 3.05) is 13.1 Å². The molecule has 1 N–H and O–H groups in total. The molecule has 0 saturated carbocycles. The minimum Gasteiger partial charge on any atom is -0.444 e. The number of ether oxygens (including phenoxy) is 1. The molecule has 2 heterocycles. The van der Waals surface area contributed by atoms with Crippen LogP contribution in [-0.2, 0) is 4.74 Å². The fourth-order valence-corrected chi connectivity index (χ4v) is 2.21. The first-order valence-corrected chi connectivity index (χ1v) is 7.61. The second kappa shape index (κ2) is 6.94. The summed E-state index contributed by atoms with van der Waals surface area (Å²) in [6, 6.07) is 1.27. The molecule has 0 bridgehead atoms. The molecule has 2 rings (SSSR count). The average Bonchev–Trinajstić information content (AvgIpc) is 2.85. The van der Waals surface area contributed by atoms with Crippen molar-refractivity contribution in [2.24, 2.45) is 11.0 Å². The summed E-state index contributed by atoms with van der Waals surface area (Å²) in [5, 5.41) is 4.03. The van der Waals surface area contributed by atoms with E-state index in [-0.39, 0.29) is 18.0 Å². The molecule has 7 nitrogen and oxygen atoms in total. The van der Waals surface area contributed by atoms with E-state index in [0.717, 1.165) is 6.20 Å². The van der Waals surface area contributed by atoms with Crippen LogP contribution in [0, 0.1) is 11.7 Å². The number of amides is 2. The van der Waals surface area contributed by atoms with Gasteiger partial charge in [0.15, 0.2) is 5.82 Å². The largest absolute Gasteiger partial charge is 0.444 e. The summed E-state index contributed by atoms with van der Waals surface area (Å²) in [5.74, 6) is -1.41. The standard InChI is InChI=1S/C16H21FN4O3/c1-10-8-21(15(23)24-16(2,3)4)9-13(10)19-20-14(22)11-5-6-18-7-12(11)17/h5-7,10H,8-9H2,1-4H3,(H,20,22)/b19-13+. The molecule has 1 aliphatic rings. The van der Waals surface area contributed by atoms with Gasteiger partial charge in [-0.3, -0.25) is 9.78 Å². The molecular weight excluding hydrogens is 315 g/mol. The van der Waals surface area contributed by atoms with Gasteiger partial charge >= 0.3 is 6.09 Å². The van der Waals surface area contributed by atoms with Crippen LogP contribution in [0.25, 0.3) is 0 Å². The lowest BCUT2D eigenvalue weighted by molar-refractivity contribution is 0.0294. The van der Waals surface area contributed by atoms with Crippen LogP contribution in [0.5, 0.6) is 0 Å². The number of nitrogens with zero attached hydrogens (tertiary/aromatic N) is 3. The highest BCUT2D eigenvalue weighted by Crippen LogP contribution is 2.17. The lowest BCUT2D eigenvalue weighted by Gasteiger charge is -2.23. The van der Waals surface area contributed by atoms with Crippen LogP contribution in [0.15, 0.2) is 23.6 Å². The number of carbonyl (C=O) groups excluding carboxylic acids is 2. The van der Waals surface area contributed by atoms with Gasteiger partial charge in [-0.1, -0.05) is 6.92 Å². The third-order valence-electron chi connectivity index (χ3n) is 3.39. The van der Waals surface area contributed by atoms with E-state index in [1.165, 1.54) is 17.2 Å². The molecule has 1 saturated heterocycles. The lowest BCUT2D eigenvalue weighted by atomic mass is 10.1. The van der Waals surface area contributed by atoms with Gasteiger partial charge in [0, 0.05) is 18.7 Å². The third kappa shape index (κ3) is 4.50. The molecule has 0 radical (unpaired) electrons. The van der Waals surface area contributed by atoms with Crippen molar-refractivity contribution in [1.29, 1.82) is 0 Å². The molecule has 2 amide bonds. The lowest BCUT2D eigenvalue weighted by Crippen LogP contribution is -2.35. The van der Waals surface area contributed by atoms with Gasteiger partial charge in [-0.25, -0.2) is 14.6 Å². The number of aromatic nitrogens is 1.